The van der Waals surface area contributed by atoms with Gasteiger partial charge in [-0.15, -0.1) is 0 Å². The molecule has 0 aliphatic heterocycles. The maximum Gasteiger partial charge on any atom is 0.247 e. The molecule has 8 heteroatoms. The van der Waals surface area contributed by atoms with Crippen molar-refractivity contribution in [2.24, 2.45) is 0 Å². The van der Waals surface area contributed by atoms with E-state index in [1.165, 1.54) is 19.2 Å². The number of nitrogens with zero attached hydrogens (tertiary/aromatic N) is 1. The van der Waals surface area contributed by atoms with Gasteiger partial charge in [0.15, 0.2) is 11.5 Å². The first-order valence-corrected chi connectivity index (χ1v) is 14.1. The van der Waals surface area contributed by atoms with Gasteiger partial charge in [0.05, 0.1) is 20.6 Å². The van der Waals surface area contributed by atoms with E-state index in [9.17, 15) is 14.0 Å². The highest BCUT2D eigenvalue weighted by Crippen LogP contribution is 2.34. The minimum Gasteiger partial charge on any atom is -0.493 e. The van der Waals surface area contributed by atoms with Crippen LogP contribution < -0.4 is 14.8 Å². The molecule has 2 N–H and O–H groups in total. The van der Waals surface area contributed by atoms with Crippen molar-refractivity contribution in [3.05, 3.63) is 95.4 Å². The van der Waals surface area contributed by atoms with Crippen LogP contribution in [0.4, 0.5) is 4.39 Å². The number of H-pyrrole nitrogens is 1. The number of aromatic amines is 1. The largest absolute Gasteiger partial charge is 0.493 e. The lowest BCUT2D eigenvalue weighted by molar-refractivity contribution is -0.141. The van der Waals surface area contributed by atoms with Crippen LogP contribution in [-0.4, -0.2) is 42.0 Å². The molecule has 0 saturated heterocycles. The molecule has 1 aromatic heterocycles. The molecular formula is C33H36FN3O4. The molecule has 1 atom stereocenters. The average Bonchev–Trinajstić information content (AvgIpc) is 3.40. The Bertz CT molecular complexity index is 1490. The van der Waals surface area contributed by atoms with Gasteiger partial charge in [-0.3, -0.25) is 9.59 Å². The van der Waals surface area contributed by atoms with Gasteiger partial charge in [0.1, 0.15) is 11.9 Å². The van der Waals surface area contributed by atoms with E-state index in [-0.39, 0.29) is 36.6 Å². The third-order valence-electron chi connectivity index (χ3n) is 7.84. The van der Waals surface area contributed by atoms with Crippen LogP contribution in [0.5, 0.6) is 11.5 Å². The molecule has 41 heavy (non-hydrogen) atoms. The van der Waals surface area contributed by atoms with Gasteiger partial charge in [0.2, 0.25) is 11.8 Å². The fraction of sp³-hybridized carbons (Fsp3) is 0.333. The zero-order valence-corrected chi connectivity index (χ0v) is 23.5. The van der Waals surface area contributed by atoms with Gasteiger partial charge in [0, 0.05) is 29.7 Å². The topological polar surface area (TPSA) is 83.7 Å². The second kappa shape index (κ2) is 12.9. The van der Waals surface area contributed by atoms with E-state index in [2.05, 4.69) is 10.3 Å². The minimum atomic E-state index is -0.945. The van der Waals surface area contributed by atoms with Crippen molar-refractivity contribution < 1.29 is 23.5 Å². The summed E-state index contributed by atoms with van der Waals surface area (Å²) in [6, 6.07) is 18.2. The quantitative estimate of drug-likeness (QED) is 0.247. The van der Waals surface area contributed by atoms with E-state index in [4.69, 9.17) is 9.47 Å². The van der Waals surface area contributed by atoms with E-state index < -0.39 is 6.04 Å². The number of nitrogens with one attached hydrogen (secondary N) is 2. The predicted octanol–water partition coefficient (Wildman–Crippen LogP) is 6.09. The van der Waals surface area contributed by atoms with Gasteiger partial charge < -0.3 is 24.7 Å². The summed E-state index contributed by atoms with van der Waals surface area (Å²) >= 11 is 0. The van der Waals surface area contributed by atoms with Crippen molar-refractivity contribution in [1.29, 1.82) is 0 Å². The third-order valence-corrected chi connectivity index (χ3v) is 7.84. The molecule has 214 valence electrons. The van der Waals surface area contributed by atoms with Crippen LogP contribution in [0.25, 0.3) is 10.9 Å². The summed E-state index contributed by atoms with van der Waals surface area (Å²) in [6.07, 6.45) is 7.02. The van der Waals surface area contributed by atoms with E-state index in [0.717, 1.165) is 54.1 Å². The van der Waals surface area contributed by atoms with Crippen LogP contribution in [0.2, 0.25) is 0 Å². The number of rotatable bonds is 10. The number of ether oxygens (including phenoxy) is 2. The van der Waals surface area contributed by atoms with E-state index in [1.807, 2.05) is 30.5 Å². The second-order valence-electron chi connectivity index (χ2n) is 10.5. The normalized spacial score (nSPS) is 14.4. The Morgan fingerprint density at radius 1 is 0.976 bits per heavy atom. The SMILES string of the molecule is COc1ccc(C(C(=O)NC2CCCCC2)N(Cc2ccc(F)cc2)C(=O)Cc2c[nH]c3ccccc23)cc1OC. The summed E-state index contributed by atoms with van der Waals surface area (Å²) in [7, 11) is 3.09. The number of benzene rings is 3. The number of para-hydroxylation sites is 1. The van der Waals surface area contributed by atoms with Crippen molar-refractivity contribution in [3.8, 4) is 11.5 Å². The summed E-state index contributed by atoms with van der Waals surface area (Å²) in [5, 5.41) is 4.19. The van der Waals surface area contributed by atoms with Crippen LogP contribution in [0.3, 0.4) is 0 Å². The van der Waals surface area contributed by atoms with Crippen LogP contribution in [-0.2, 0) is 22.6 Å². The Morgan fingerprint density at radius 2 is 1.71 bits per heavy atom. The van der Waals surface area contributed by atoms with Crippen molar-refractivity contribution in [3.63, 3.8) is 0 Å². The molecular weight excluding hydrogens is 521 g/mol. The number of hydrogen-bond acceptors (Lipinski definition) is 4. The fourth-order valence-electron chi connectivity index (χ4n) is 5.68. The zero-order valence-electron chi connectivity index (χ0n) is 23.5. The summed E-state index contributed by atoms with van der Waals surface area (Å²) in [5.74, 6) is 0.150. The highest BCUT2D eigenvalue weighted by Gasteiger charge is 2.34. The van der Waals surface area contributed by atoms with E-state index in [0.29, 0.717) is 17.1 Å². The fourth-order valence-corrected chi connectivity index (χ4v) is 5.68. The Labute approximate surface area is 239 Å². The lowest BCUT2D eigenvalue weighted by Gasteiger charge is -2.34. The van der Waals surface area contributed by atoms with Gasteiger partial charge in [-0.1, -0.05) is 55.7 Å². The van der Waals surface area contributed by atoms with Gasteiger partial charge in [-0.25, -0.2) is 4.39 Å². The van der Waals surface area contributed by atoms with Gasteiger partial charge in [-0.05, 0) is 59.9 Å². The summed E-state index contributed by atoms with van der Waals surface area (Å²) < 4.78 is 24.8. The third kappa shape index (κ3) is 6.53. The Balaban J connectivity index is 1.56. The van der Waals surface area contributed by atoms with E-state index >= 15 is 0 Å². The number of amides is 2. The number of fused-ring (bicyclic) bond motifs is 1. The highest BCUT2D eigenvalue weighted by molar-refractivity contribution is 5.92. The van der Waals surface area contributed by atoms with Crippen LogP contribution in [0.1, 0.15) is 54.8 Å². The summed E-state index contributed by atoms with van der Waals surface area (Å²) in [6.45, 7) is 0.124. The highest BCUT2D eigenvalue weighted by atomic mass is 19.1. The monoisotopic (exact) mass is 557 g/mol. The average molecular weight is 558 g/mol. The Hall–Kier alpha value is -4.33. The molecule has 1 unspecified atom stereocenters. The van der Waals surface area contributed by atoms with Crippen LogP contribution in [0.15, 0.2) is 72.9 Å². The molecule has 2 amide bonds. The van der Waals surface area contributed by atoms with Crippen molar-refractivity contribution in [2.45, 2.75) is 57.2 Å². The first kappa shape index (κ1) is 28.2. The molecule has 0 spiro atoms. The van der Waals surface area contributed by atoms with Crippen LogP contribution in [0, 0.1) is 5.82 Å². The van der Waals surface area contributed by atoms with Crippen molar-refractivity contribution in [2.75, 3.05) is 14.2 Å². The zero-order chi connectivity index (χ0) is 28.8. The molecule has 1 aliphatic rings. The number of aromatic nitrogens is 1. The molecule has 0 bridgehead atoms. The molecule has 0 radical (unpaired) electrons. The molecule has 1 aliphatic carbocycles. The summed E-state index contributed by atoms with van der Waals surface area (Å²) in [4.78, 5) is 33.2. The molecule has 1 fully saturated rings. The molecule has 4 aromatic rings. The minimum absolute atomic E-state index is 0.0512. The van der Waals surface area contributed by atoms with Gasteiger partial charge in [-0.2, -0.15) is 0 Å². The van der Waals surface area contributed by atoms with Gasteiger partial charge in [0.25, 0.3) is 0 Å². The number of carbonyl (C=O) groups is 2. The van der Waals surface area contributed by atoms with Crippen molar-refractivity contribution in [1.82, 2.24) is 15.2 Å². The van der Waals surface area contributed by atoms with Gasteiger partial charge >= 0.3 is 0 Å². The van der Waals surface area contributed by atoms with Crippen molar-refractivity contribution >= 4 is 22.7 Å². The number of methoxy groups -OCH3 is 2. The second-order valence-corrected chi connectivity index (χ2v) is 10.5. The first-order valence-electron chi connectivity index (χ1n) is 14.1. The maximum absolute atomic E-state index is 14.2. The predicted molar refractivity (Wildman–Crippen MR) is 156 cm³/mol. The number of halogens is 1. The van der Waals surface area contributed by atoms with Crippen LogP contribution >= 0.6 is 0 Å². The lowest BCUT2D eigenvalue weighted by atomic mass is 9.94. The lowest BCUT2D eigenvalue weighted by Crippen LogP contribution is -2.47. The number of hydrogen-bond donors (Lipinski definition) is 2. The first-order chi connectivity index (χ1) is 20.0. The standard InChI is InChI=1S/C33H36FN3O4/c1-40-29-17-14-23(18-30(29)41-2)32(33(39)36-26-8-4-3-5-9-26)37(21-22-12-15-25(34)16-13-22)31(38)19-24-20-35-28-11-7-6-10-27(24)28/h6-7,10-18,20,26,32,35H,3-5,8-9,19,21H2,1-2H3,(H,36,39). The molecule has 5 rings (SSSR count). The molecule has 1 saturated carbocycles. The smallest absolute Gasteiger partial charge is 0.247 e. The number of carbonyl (C=O) groups excluding carboxylic acids is 2. The molecule has 7 nitrogen and oxygen atoms in total. The Morgan fingerprint density at radius 3 is 2.44 bits per heavy atom. The Kier molecular flexibility index (Phi) is 8.87. The summed E-state index contributed by atoms with van der Waals surface area (Å²) in [5.41, 5.74) is 3.10. The maximum atomic E-state index is 14.2. The molecule has 3 aromatic carbocycles. The van der Waals surface area contributed by atoms with E-state index in [1.54, 1.807) is 42.3 Å². The molecule has 1 heterocycles.